The number of rotatable bonds is 26. The monoisotopic (exact) mass is 1640 g/mol. The molecule has 8 heterocycles. The van der Waals surface area contributed by atoms with E-state index >= 15 is 0 Å². The van der Waals surface area contributed by atoms with Gasteiger partial charge in [-0.05, 0) is 177 Å². The van der Waals surface area contributed by atoms with Crippen molar-refractivity contribution in [2.24, 2.45) is 23.5 Å². The average Bonchev–Trinajstić information content (AvgIpc) is 1.46. The van der Waals surface area contributed by atoms with Gasteiger partial charge in [0.2, 0.25) is 0 Å². The van der Waals surface area contributed by atoms with Gasteiger partial charge in [0.05, 0.1) is 72.5 Å². The van der Waals surface area contributed by atoms with E-state index in [2.05, 4.69) is 29.9 Å². The molecular weight excluding hydrogens is 1530 g/mol. The Labute approximate surface area is 696 Å². The first-order valence-corrected chi connectivity index (χ1v) is 41.2. The van der Waals surface area contributed by atoms with Crippen LogP contribution in [0.5, 0.6) is 23.0 Å². The second kappa shape index (κ2) is 42.0. The molecule has 7 N–H and O–H groups in total. The summed E-state index contributed by atoms with van der Waals surface area (Å²) in [6.07, 6.45) is 29.5. The van der Waals surface area contributed by atoms with Crippen molar-refractivity contribution in [3.8, 4) is 69.1 Å². The van der Waals surface area contributed by atoms with Gasteiger partial charge in [-0.2, -0.15) is 0 Å². The first kappa shape index (κ1) is 88.7. The van der Waals surface area contributed by atoms with E-state index in [0.29, 0.717) is 94.2 Å². The lowest BCUT2D eigenvalue weighted by Gasteiger charge is -2.22. The molecule has 8 aliphatic rings. The molecule has 8 aromatic rings. The van der Waals surface area contributed by atoms with E-state index in [9.17, 15) is 34.5 Å². The van der Waals surface area contributed by atoms with E-state index in [1.165, 1.54) is 0 Å². The minimum absolute atomic E-state index is 0. The van der Waals surface area contributed by atoms with Gasteiger partial charge in [-0.3, -0.25) is 39.1 Å². The number of carbonyl (C=O) groups is 4. The number of halogens is 1. The molecule has 0 unspecified atom stereocenters. The predicted molar refractivity (Wildman–Crippen MR) is 450 cm³/mol. The zero-order valence-corrected chi connectivity index (χ0v) is 69.9. The number of nitrogens with two attached hydrogens (primary N) is 1. The molecule has 0 amide bonds. The van der Waals surface area contributed by atoms with E-state index in [0.717, 1.165) is 217 Å². The van der Waals surface area contributed by atoms with Crippen LogP contribution in [0, 0.1) is 17.8 Å². The highest BCUT2D eigenvalue weighted by Gasteiger charge is 2.34. The number of aliphatic carboxylic acids is 1. The molecule has 8 atom stereocenters. The van der Waals surface area contributed by atoms with Gasteiger partial charge in [0.15, 0.2) is 40.6 Å². The lowest BCUT2D eigenvalue weighted by molar-refractivity contribution is -0.135. The Morgan fingerprint density at radius 1 is 0.364 bits per heavy atom. The normalized spacial score (nSPS) is 20.1. The van der Waals surface area contributed by atoms with Crippen molar-refractivity contribution in [2.45, 2.75) is 204 Å². The number of likely N-dealkylation sites (N-methyl/N-ethyl adjacent to an activating group) is 4. The standard InChI is InChI=1S/3C22H28N4O3.C16H18N4O3.C5H11NO.ClH/c3*1-26(13-15(27)11-14-5-3-8-20(14)28)22-17-6-4-7-18(17)24-21(25-22)19-12-16(29-2)9-10-23-19;1-20(9-14(21)22)16-11-4-3-5-12(11)18-15(19-16)13-8-10(23-2)6-7-17-13;6-4-2-1-3-5(4)7;/h3*9-10,12,14,20,28H,3-8,11,13H2,1-2H3;6-8H,3-5,9H2,1-2H3,(H,21,22);4-5,7H,1-3,6H2;1H/t3*14-,20-;;4-,5+;/m100.1./s1. The molecular formula is C87H114ClN17O13. The molecule has 0 aromatic carbocycles. The Hall–Kier alpha value is -10.1. The maximum absolute atomic E-state index is 12.6. The number of carbonyl (C=O) groups excluding carboxylic acids is 3. The Kier molecular flexibility index (Phi) is 31.6. The van der Waals surface area contributed by atoms with Crippen molar-refractivity contribution < 1.29 is 63.7 Å². The summed E-state index contributed by atoms with van der Waals surface area (Å²) < 4.78 is 21.1. The van der Waals surface area contributed by atoms with Crippen molar-refractivity contribution in [1.82, 2.24) is 59.8 Å². The van der Waals surface area contributed by atoms with Gasteiger partial charge in [-0.25, -0.2) is 39.9 Å². The molecule has 16 rings (SSSR count). The number of hydrogen-bond acceptors (Lipinski definition) is 29. The van der Waals surface area contributed by atoms with Crippen LogP contribution in [-0.4, -0.2) is 222 Å². The number of ether oxygens (including phenoxy) is 4. The fourth-order valence-corrected chi connectivity index (χ4v) is 17.1. The highest BCUT2D eigenvalue weighted by Crippen LogP contribution is 2.38. The summed E-state index contributed by atoms with van der Waals surface area (Å²) in [6.45, 7) is 0.765. The third kappa shape index (κ3) is 22.8. The summed E-state index contributed by atoms with van der Waals surface area (Å²) in [5.41, 5.74) is 16.6. The topological polar surface area (TPSA) is 400 Å². The minimum atomic E-state index is -0.890. The number of carboxylic acid groups (broad SMARTS) is 1. The van der Waals surface area contributed by atoms with E-state index in [1.54, 1.807) is 95.5 Å². The van der Waals surface area contributed by atoms with Gasteiger partial charge in [-0.1, -0.05) is 19.3 Å². The lowest BCUT2D eigenvalue weighted by atomic mass is 9.99. The summed E-state index contributed by atoms with van der Waals surface area (Å²) in [6, 6.07) is 14.5. The number of carboxylic acids is 1. The third-order valence-electron chi connectivity index (χ3n) is 23.3. The first-order chi connectivity index (χ1) is 56.5. The highest BCUT2D eigenvalue weighted by atomic mass is 35.5. The zero-order valence-electron chi connectivity index (χ0n) is 69.1. The summed E-state index contributed by atoms with van der Waals surface area (Å²) in [4.78, 5) is 112. The average molecular weight is 1640 g/mol. The van der Waals surface area contributed by atoms with E-state index in [4.69, 9.17) is 64.8 Å². The highest BCUT2D eigenvalue weighted by molar-refractivity contribution is 5.86. The van der Waals surface area contributed by atoms with Crippen LogP contribution in [0.1, 0.15) is 167 Å². The molecule has 0 saturated heterocycles. The first-order valence-electron chi connectivity index (χ1n) is 41.2. The number of anilines is 4. The quantitative estimate of drug-likeness (QED) is 0.0293. The molecule has 0 spiro atoms. The summed E-state index contributed by atoms with van der Waals surface area (Å²) in [5, 5.41) is 48.0. The SMILES string of the molecule is COc1ccnc(-c2nc3c(c(N(C)CC(=O)C[C@@H]4CCC[C@@H]4O)n2)CCC3)c1.COc1ccnc(-c2nc3c(c(N(C)CC(=O)C[C@@H]4CCC[C@@H]4O)n2)CCC3)c1.COc1ccnc(-c2nc3c(c(N(C)CC(=O)C[C@H]4CCC[C@H]4O)n2)CCC3)c1.COc1ccnc(-c2nc3c(c(N(C)CC(=O)O)n2)CCC3)c1.Cl.N[C@@H]1CCC[C@@H]1O. The molecule has 8 aliphatic carbocycles. The number of aliphatic hydroxyl groups excluding tert-OH is 4. The number of hydrogen-bond donors (Lipinski definition) is 6. The third-order valence-corrected chi connectivity index (χ3v) is 23.3. The van der Waals surface area contributed by atoms with Gasteiger partial charge < -0.3 is 69.8 Å². The van der Waals surface area contributed by atoms with Crippen molar-refractivity contribution in [1.29, 1.82) is 0 Å². The van der Waals surface area contributed by atoms with E-state index in [-0.39, 0.29) is 104 Å². The van der Waals surface area contributed by atoms with Crippen molar-refractivity contribution in [3.05, 3.63) is 118 Å². The number of Topliss-reactive ketones (excluding diaryl/α,β-unsaturated/α-hetero) is 3. The smallest absolute Gasteiger partial charge is 0.323 e. The summed E-state index contributed by atoms with van der Waals surface area (Å²) in [5.74, 6) is 7.94. The molecule has 4 fully saturated rings. The molecule has 0 bridgehead atoms. The molecule has 0 aliphatic heterocycles. The Bertz CT molecular complexity index is 4420. The van der Waals surface area contributed by atoms with Crippen molar-refractivity contribution in [2.75, 3.05) is 102 Å². The number of nitrogens with zero attached hydrogens (tertiary/aromatic N) is 16. The van der Waals surface area contributed by atoms with Crippen LogP contribution in [0.2, 0.25) is 0 Å². The van der Waals surface area contributed by atoms with Gasteiger partial charge in [0.25, 0.3) is 0 Å². The fourth-order valence-electron chi connectivity index (χ4n) is 17.1. The van der Waals surface area contributed by atoms with Gasteiger partial charge >= 0.3 is 5.97 Å². The molecule has 632 valence electrons. The van der Waals surface area contributed by atoms with Gasteiger partial charge in [-0.15, -0.1) is 12.4 Å². The molecule has 8 aromatic heterocycles. The number of pyridine rings is 4. The fraction of sp³-hybridized carbons (Fsp3) is 0.540. The number of fused-ring (bicyclic) bond motifs is 4. The molecule has 30 nitrogen and oxygen atoms in total. The number of aliphatic hydroxyl groups is 4. The van der Waals surface area contributed by atoms with Crippen LogP contribution >= 0.6 is 12.4 Å². The molecule has 4 saturated carbocycles. The maximum Gasteiger partial charge on any atom is 0.323 e. The Morgan fingerprint density at radius 2 is 0.619 bits per heavy atom. The Balaban J connectivity index is 0.000000150. The Morgan fingerprint density at radius 3 is 0.831 bits per heavy atom. The zero-order chi connectivity index (χ0) is 82.8. The van der Waals surface area contributed by atoms with E-state index < -0.39 is 5.97 Å². The van der Waals surface area contributed by atoms with Crippen LogP contribution in [0.3, 0.4) is 0 Å². The molecule has 31 heteroatoms. The van der Waals surface area contributed by atoms with Gasteiger partial charge in [0.1, 0.15) is 75.6 Å². The van der Waals surface area contributed by atoms with Crippen LogP contribution in [-0.2, 0) is 70.5 Å². The minimum Gasteiger partial charge on any atom is -0.497 e. The number of aromatic nitrogens is 12. The number of methoxy groups -OCH3 is 4. The van der Waals surface area contributed by atoms with Crippen LogP contribution in [0.15, 0.2) is 73.3 Å². The molecule has 0 radical (unpaired) electrons. The van der Waals surface area contributed by atoms with Crippen LogP contribution in [0.4, 0.5) is 23.3 Å². The largest absolute Gasteiger partial charge is 0.497 e. The second-order valence-corrected chi connectivity index (χ2v) is 31.9. The van der Waals surface area contributed by atoms with Crippen LogP contribution < -0.4 is 44.3 Å². The van der Waals surface area contributed by atoms with Crippen molar-refractivity contribution >= 4 is 59.0 Å². The van der Waals surface area contributed by atoms with Crippen LogP contribution in [0.25, 0.3) is 46.1 Å². The number of aryl methyl sites for hydroxylation is 4. The molecule has 118 heavy (non-hydrogen) atoms. The summed E-state index contributed by atoms with van der Waals surface area (Å²) in [7, 11) is 13.9. The second-order valence-electron chi connectivity index (χ2n) is 31.9. The van der Waals surface area contributed by atoms with Crippen molar-refractivity contribution in [3.63, 3.8) is 0 Å². The lowest BCUT2D eigenvalue weighted by Crippen LogP contribution is -2.30. The van der Waals surface area contributed by atoms with E-state index in [1.807, 2.05) is 54.0 Å². The number of ketones is 3. The maximum atomic E-state index is 12.6. The predicted octanol–water partition coefficient (Wildman–Crippen LogP) is 9.61. The summed E-state index contributed by atoms with van der Waals surface area (Å²) >= 11 is 0. The van der Waals surface area contributed by atoms with Gasteiger partial charge in [0, 0.05) is 148 Å².